The van der Waals surface area contributed by atoms with Crippen LogP contribution in [0.3, 0.4) is 0 Å². The Morgan fingerprint density at radius 1 is 1.04 bits per heavy atom. The van der Waals surface area contributed by atoms with Gasteiger partial charge in [-0.1, -0.05) is 29.3 Å². The zero-order chi connectivity index (χ0) is 18.1. The fourth-order valence-electron chi connectivity index (χ4n) is 3.11. The van der Waals surface area contributed by atoms with Crippen molar-refractivity contribution in [3.05, 3.63) is 52.8 Å². The number of nitrogens with zero attached hydrogens (tertiary/aromatic N) is 3. The van der Waals surface area contributed by atoms with Crippen LogP contribution in [0.5, 0.6) is 0 Å². The number of hydrogen-bond acceptors (Lipinski definition) is 4. The van der Waals surface area contributed by atoms with Crippen molar-refractivity contribution in [1.82, 2.24) is 15.0 Å². The minimum absolute atomic E-state index is 0.201. The molecule has 26 heavy (non-hydrogen) atoms. The maximum absolute atomic E-state index is 9.67. The quantitative estimate of drug-likeness (QED) is 0.697. The summed E-state index contributed by atoms with van der Waals surface area (Å²) in [5, 5.41) is 10.7. The highest BCUT2D eigenvalue weighted by Crippen LogP contribution is 2.29. The molecule has 0 radical (unpaired) electrons. The molecule has 2 N–H and O–H groups in total. The summed E-state index contributed by atoms with van der Waals surface area (Å²) < 4.78 is 0. The first kappa shape index (κ1) is 17.3. The Labute approximate surface area is 161 Å². The Balaban J connectivity index is 1.59. The van der Waals surface area contributed by atoms with Gasteiger partial charge >= 0.3 is 0 Å². The Morgan fingerprint density at radius 3 is 2.62 bits per heavy atom. The smallest absolute Gasteiger partial charge is 0.138 e. The van der Waals surface area contributed by atoms with E-state index in [4.69, 9.17) is 23.2 Å². The second-order valence-electron chi connectivity index (χ2n) is 6.38. The molecule has 1 aromatic carbocycles. The van der Waals surface area contributed by atoms with Crippen LogP contribution in [0.15, 0.2) is 42.7 Å². The molecule has 0 atom stereocenters. The lowest BCUT2D eigenvalue weighted by molar-refractivity contribution is 0.145. The van der Waals surface area contributed by atoms with Crippen LogP contribution < -0.4 is 4.90 Å². The summed E-state index contributed by atoms with van der Waals surface area (Å²) in [5.74, 6) is 1.67. The Hall–Kier alpha value is -2.08. The van der Waals surface area contributed by atoms with Crippen molar-refractivity contribution in [3.8, 4) is 22.6 Å². The maximum atomic E-state index is 9.67. The fraction of sp³-hybridized carbons (Fsp3) is 0.263. The van der Waals surface area contributed by atoms with Gasteiger partial charge in [0.05, 0.1) is 21.8 Å². The van der Waals surface area contributed by atoms with Crippen molar-refractivity contribution < 1.29 is 5.11 Å². The third-order valence-electron chi connectivity index (χ3n) is 4.60. The molecule has 0 spiro atoms. The lowest BCUT2D eigenvalue weighted by Gasteiger charge is -2.30. The number of pyridine rings is 1. The second kappa shape index (κ2) is 7.27. The highest BCUT2D eigenvalue weighted by Gasteiger charge is 2.18. The Morgan fingerprint density at radius 2 is 1.85 bits per heavy atom. The predicted molar refractivity (Wildman–Crippen MR) is 105 cm³/mol. The van der Waals surface area contributed by atoms with Crippen LogP contribution in [0.2, 0.25) is 10.0 Å². The number of hydrogen-bond donors (Lipinski definition) is 2. The first-order valence-corrected chi connectivity index (χ1v) is 9.26. The van der Waals surface area contributed by atoms with E-state index in [1.54, 1.807) is 18.3 Å². The summed E-state index contributed by atoms with van der Waals surface area (Å²) >= 11 is 12.1. The summed E-state index contributed by atoms with van der Waals surface area (Å²) in [6, 6.07) is 9.42. The molecular formula is C19H18Cl2N4O. The van der Waals surface area contributed by atoms with Crippen molar-refractivity contribution in [2.24, 2.45) is 0 Å². The number of aromatic amines is 1. The number of aliphatic hydroxyl groups excluding tert-OH is 1. The molecular weight excluding hydrogens is 371 g/mol. The number of imidazole rings is 1. The first-order chi connectivity index (χ1) is 12.6. The molecule has 2 aromatic heterocycles. The Kier molecular flexibility index (Phi) is 4.85. The molecule has 7 heteroatoms. The fourth-order valence-corrected chi connectivity index (χ4v) is 3.40. The number of rotatable bonds is 3. The molecule has 5 nitrogen and oxygen atoms in total. The van der Waals surface area contributed by atoms with E-state index in [1.807, 2.05) is 24.4 Å². The summed E-state index contributed by atoms with van der Waals surface area (Å²) in [5.41, 5.74) is 2.67. The molecule has 0 amide bonds. The van der Waals surface area contributed by atoms with Crippen LogP contribution in [0.4, 0.5) is 5.82 Å². The van der Waals surface area contributed by atoms with Crippen molar-refractivity contribution in [1.29, 1.82) is 0 Å². The highest BCUT2D eigenvalue weighted by atomic mass is 35.5. The lowest BCUT2D eigenvalue weighted by atomic mass is 10.1. The topological polar surface area (TPSA) is 65.0 Å². The van der Waals surface area contributed by atoms with Gasteiger partial charge in [0.1, 0.15) is 11.6 Å². The number of piperidine rings is 1. The van der Waals surface area contributed by atoms with Gasteiger partial charge in [-0.2, -0.15) is 0 Å². The van der Waals surface area contributed by atoms with Gasteiger partial charge < -0.3 is 15.0 Å². The summed E-state index contributed by atoms with van der Waals surface area (Å²) in [6.07, 6.45) is 4.99. The van der Waals surface area contributed by atoms with Crippen LogP contribution in [0.1, 0.15) is 12.8 Å². The zero-order valence-electron chi connectivity index (χ0n) is 14.0. The van der Waals surface area contributed by atoms with Crippen molar-refractivity contribution in [3.63, 3.8) is 0 Å². The monoisotopic (exact) mass is 388 g/mol. The average molecular weight is 389 g/mol. The molecule has 0 saturated carbocycles. The van der Waals surface area contributed by atoms with E-state index in [2.05, 4.69) is 19.9 Å². The molecule has 3 heterocycles. The zero-order valence-corrected chi connectivity index (χ0v) is 15.5. The largest absolute Gasteiger partial charge is 0.393 e. The number of nitrogens with one attached hydrogen (secondary N) is 1. The van der Waals surface area contributed by atoms with Gasteiger partial charge in [-0.3, -0.25) is 0 Å². The number of halogens is 2. The van der Waals surface area contributed by atoms with Gasteiger partial charge in [-0.05, 0) is 37.1 Å². The van der Waals surface area contributed by atoms with Crippen molar-refractivity contribution in [2.45, 2.75) is 18.9 Å². The summed E-state index contributed by atoms with van der Waals surface area (Å²) in [7, 11) is 0. The molecule has 0 bridgehead atoms. The first-order valence-electron chi connectivity index (χ1n) is 8.50. The standard InChI is InChI=1S/C19H18Cl2N4O/c20-15-2-1-12(9-16(15)21)17-11-23-19(24-17)13-3-6-22-18(10-13)25-7-4-14(26)5-8-25/h1-3,6,9-11,14,26H,4-5,7-8H2,(H,23,24). The molecule has 4 rings (SSSR count). The molecule has 0 unspecified atom stereocenters. The molecule has 0 aliphatic carbocycles. The van der Waals surface area contributed by atoms with E-state index in [0.717, 1.165) is 54.4 Å². The van der Waals surface area contributed by atoms with Gasteiger partial charge in [-0.15, -0.1) is 0 Å². The van der Waals surface area contributed by atoms with Crippen molar-refractivity contribution >= 4 is 29.0 Å². The maximum Gasteiger partial charge on any atom is 0.138 e. The van der Waals surface area contributed by atoms with Gasteiger partial charge in [-0.25, -0.2) is 9.97 Å². The van der Waals surface area contributed by atoms with Crippen LogP contribution in [-0.2, 0) is 0 Å². The molecule has 1 saturated heterocycles. The number of aromatic nitrogens is 3. The van der Waals surface area contributed by atoms with E-state index in [1.165, 1.54) is 0 Å². The third kappa shape index (κ3) is 3.56. The summed E-state index contributed by atoms with van der Waals surface area (Å²) in [6.45, 7) is 1.62. The minimum atomic E-state index is -0.201. The number of H-pyrrole nitrogens is 1. The highest BCUT2D eigenvalue weighted by molar-refractivity contribution is 6.42. The molecule has 3 aromatic rings. The number of benzene rings is 1. The number of anilines is 1. The van der Waals surface area contributed by atoms with E-state index in [0.29, 0.717) is 10.0 Å². The van der Waals surface area contributed by atoms with E-state index in [-0.39, 0.29) is 6.10 Å². The number of aliphatic hydroxyl groups is 1. The lowest BCUT2D eigenvalue weighted by Crippen LogP contribution is -2.36. The van der Waals surface area contributed by atoms with Gasteiger partial charge in [0, 0.05) is 36.6 Å². The second-order valence-corrected chi connectivity index (χ2v) is 7.20. The average Bonchev–Trinajstić information content (AvgIpc) is 3.15. The van der Waals surface area contributed by atoms with E-state index < -0.39 is 0 Å². The van der Waals surface area contributed by atoms with Crippen LogP contribution in [0, 0.1) is 0 Å². The molecule has 1 aliphatic rings. The third-order valence-corrected chi connectivity index (χ3v) is 5.34. The SMILES string of the molecule is OC1CCN(c2cc(-c3nc(-c4ccc(Cl)c(Cl)c4)c[nH]3)ccn2)CC1. The van der Waals surface area contributed by atoms with Gasteiger partial charge in [0.2, 0.25) is 0 Å². The van der Waals surface area contributed by atoms with Gasteiger partial charge in [0.15, 0.2) is 0 Å². The minimum Gasteiger partial charge on any atom is -0.393 e. The Bertz CT molecular complexity index is 919. The normalized spacial score (nSPS) is 15.4. The summed E-state index contributed by atoms with van der Waals surface area (Å²) in [4.78, 5) is 14.6. The van der Waals surface area contributed by atoms with Crippen molar-refractivity contribution in [2.75, 3.05) is 18.0 Å². The van der Waals surface area contributed by atoms with Crippen LogP contribution in [0.25, 0.3) is 22.6 Å². The molecule has 1 aliphatic heterocycles. The predicted octanol–water partition coefficient (Wildman–Crippen LogP) is 4.41. The molecule has 1 fully saturated rings. The van der Waals surface area contributed by atoms with Crippen LogP contribution >= 0.6 is 23.2 Å². The van der Waals surface area contributed by atoms with Gasteiger partial charge in [0.25, 0.3) is 0 Å². The van der Waals surface area contributed by atoms with E-state index in [9.17, 15) is 5.11 Å². The van der Waals surface area contributed by atoms with E-state index >= 15 is 0 Å². The molecule has 134 valence electrons. The van der Waals surface area contributed by atoms with Crippen LogP contribution in [-0.4, -0.2) is 39.3 Å².